The van der Waals surface area contributed by atoms with Crippen LogP contribution < -0.4 is 11.1 Å². The molecule has 0 bridgehead atoms. The van der Waals surface area contributed by atoms with Gasteiger partial charge in [0.25, 0.3) is 0 Å². The van der Waals surface area contributed by atoms with Crippen molar-refractivity contribution in [3.63, 3.8) is 0 Å². The van der Waals surface area contributed by atoms with Crippen LogP contribution in [-0.4, -0.2) is 52.4 Å². The summed E-state index contributed by atoms with van der Waals surface area (Å²) in [6.07, 6.45) is -0.237. The monoisotopic (exact) mass is 417 g/mol. The molecule has 156 valence electrons. The lowest BCUT2D eigenvalue weighted by molar-refractivity contribution is -0.142. The van der Waals surface area contributed by atoms with Crippen LogP contribution >= 0.6 is 11.8 Å². The SMILES string of the molecule is CC(C)(C)SC[C@@H]1C(=O)NCCN1C(=O)C[C@H](N)Cc1cc(F)c(F)cc1F. The maximum absolute atomic E-state index is 13.8. The fourth-order valence-electron chi connectivity index (χ4n) is 2.92. The summed E-state index contributed by atoms with van der Waals surface area (Å²) in [6.45, 7) is 6.80. The number of nitrogens with zero attached hydrogens (tertiary/aromatic N) is 1. The minimum atomic E-state index is -1.27. The number of nitrogens with one attached hydrogen (secondary N) is 1. The summed E-state index contributed by atoms with van der Waals surface area (Å²) >= 11 is 1.58. The summed E-state index contributed by atoms with van der Waals surface area (Å²) in [5.41, 5.74) is 5.87. The molecule has 9 heteroatoms. The molecule has 2 atom stereocenters. The van der Waals surface area contributed by atoms with Crippen molar-refractivity contribution < 1.29 is 22.8 Å². The van der Waals surface area contributed by atoms with Crippen LogP contribution in [0.2, 0.25) is 0 Å². The maximum atomic E-state index is 13.8. The van der Waals surface area contributed by atoms with Crippen LogP contribution in [0.4, 0.5) is 13.2 Å². The van der Waals surface area contributed by atoms with Gasteiger partial charge in [-0.15, -0.1) is 0 Å². The average Bonchev–Trinajstić information content (AvgIpc) is 2.57. The van der Waals surface area contributed by atoms with E-state index in [1.54, 1.807) is 11.8 Å². The summed E-state index contributed by atoms with van der Waals surface area (Å²) in [6, 6.07) is -0.162. The number of halogens is 3. The van der Waals surface area contributed by atoms with Crippen LogP contribution in [0, 0.1) is 17.5 Å². The number of hydrogen-bond donors (Lipinski definition) is 2. The zero-order chi connectivity index (χ0) is 21.1. The van der Waals surface area contributed by atoms with E-state index in [4.69, 9.17) is 5.73 Å². The van der Waals surface area contributed by atoms with Crippen molar-refractivity contribution in [3.8, 4) is 0 Å². The smallest absolute Gasteiger partial charge is 0.243 e. The zero-order valence-corrected chi connectivity index (χ0v) is 17.0. The molecular formula is C19H26F3N3O2S. The molecule has 1 aromatic carbocycles. The normalized spacial score (nSPS) is 18.8. The largest absolute Gasteiger partial charge is 0.353 e. The molecule has 0 spiro atoms. The number of rotatable bonds is 6. The molecule has 3 N–H and O–H groups in total. The molecule has 0 unspecified atom stereocenters. The third kappa shape index (κ3) is 6.13. The molecule has 0 radical (unpaired) electrons. The molecule has 1 aliphatic rings. The van der Waals surface area contributed by atoms with Crippen LogP contribution in [0.25, 0.3) is 0 Å². The van der Waals surface area contributed by atoms with E-state index in [9.17, 15) is 22.8 Å². The lowest BCUT2D eigenvalue weighted by atomic mass is 10.0. The van der Waals surface area contributed by atoms with E-state index in [0.29, 0.717) is 24.9 Å². The molecule has 28 heavy (non-hydrogen) atoms. The Labute approximate surface area is 167 Å². The molecule has 1 fully saturated rings. The van der Waals surface area contributed by atoms with Gasteiger partial charge in [-0.25, -0.2) is 13.2 Å². The topological polar surface area (TPSA) is 75.4 Å². The number of hydrogen-bond acceptors (Lipinski definition) is 4. The van der Waals surface area contributed by atoms with Crippen molar-refractivity contribution in [2.75, 3.05) is 18.8 Å². The predicted octanol–water partition coefficient (Wildman–Crippen LogP) is 2.22. The third-order valence-electron chi connectivity index (χ3n) is 4.33. The van der Waals surface area contributed by atoms with Gasteiger partial charge >= 0.3 is 0 Å². The van der Waals surface area contributed by atoms with Gasteiger partial charge in [-0.3, -0.25) is 9.59 Å². The van der Waals surface area contributed by atoms with E-state index < -0.39 is 29.5 Å². The minimum Gasteiger partial charge on any atom is -0.353 e. The van der Waals surface area contributed by atoms with Crippen molar-refractivity contribution in [2.45, 2.75) is 50.4 Å². The number of amides is 2. The van der Waals surface area contributed by atoms with E-state index in [1.165, 1.54) is 4.90 Å². The summed E-state index contributed by atoms with van der Waals surface area (Å²) < 4.78 is 40.1. The van der Waals surface area contributed by atoms with Gasteiger partial charge in [0.1, 0.15) is 11.9 Å². The van der Waals surface area contributed by atoms with E-state index in [2.05, 4.69) is 5.32 Å². The number of carbonyl (C=O) groups excluding carboxylic acids is 2. The number of carbonyl (C=O) groups is 2. The quantitative estimate of drug-likeness (QED) is 0.696. The molecule has 2 rings (SSSR count). The summed E-state index contributed by atoms with van der Waals surface area (Å²) in [4.78, 5) is 26.5. The standard InChI is InChI=1S/C19H26F3N3O2S/c1-19(2,3)28-10-16-18(27)24-4-5-25(16)17(26)8-12(23)6-11-7-14(21)15(22)9-13(11)20/h7,9,12,16H,4-6,8,10,23H2,1-3H3,(H,24,27)/t12-,16-/m1/s1. The highest BCUT2D eigenvalue weighted by molar-refractivity contribution is 8.00. The van der Waals surface area contributed by atoms with Gasteiger partial charge in [0.15, 0.2) is 11.6 Å². The number of thioether (sulfide) groups is 1. The number of nitrogens with two attached hydrogens (primary N) is 1. The van der Waals surface area contributed by atoms with Crippen molar-refractivity contribution in [1.29, 1.82) is 0 Å². The molecule has 0 saturated carbocycles. The lowest BCUT2D eigenvalue weighted by Crippen LogP contribution is -2.59. The van der Waals surface area contributed by atoms with E-state index >= 15 is 0 Å². The Kier molecular flexibility index (Phi) is 7.39. The zero-order valence-electron chi connectivity index (χ0n) is 16.2. The minimum absolute atomic E-state index is 0.0625. The molecule has 1 heterocycles. The Morgan fingerprint density at radius 3 is 2.57 bits per heavy atom. The fraction of sp³-hybridized carbons (Fsp3) is 0.579. The summed E-state index contributed by atoms with van der Waals surface area (Å²) in [7, 11) is 0. The van der Waals surface area contributed by atoms with Crippen molar-refractivity contribution in [1.82, 2.24) is 10.2 Å². The van der Waals surface area contributed by atoms with Gasteiger partial charge < -0.3 is 16.0 Å². The fourth-order valence-corrected chi connectivity index (χ4v) is 3.91. The second kappa shape index (κ2) is 9.17. The second-order valence-electron chi connectivity index (χ2n) is 7.84. The summed E-state index contributed by atoms with van der Waals surface area (Å²) in [5, 5.41) is 2.76. The van der Waals surface area contributed by atoms with Crippen LogP contribution in [0.1, 0.15) is 32.8 Å². The van der Waals surface area contributed by atoms with Gasteiger partial charge in [-0.2, -0.15) is 11.8 Å². The summed E-state index contributed by atoms with van der Waals surface area (Å²) in [5.74, 6) is -3.42. The molecule has 1 aliphatic heterocycles. The van der Waals surface area contributed by atoms with Crippen LogP contribution in [0.5, 0.6) is 0 Å². The van der Waals surface area contributed by atoms with E-state index in [-0.39, 0.29) is 35.0 Å². The molecule has 1 saturated heterocycles. The Balaban J connectivity index is 2.02. The van der Waals surface area contributed by atoms with E-state index in [0.717, 1.165) is 6.07 Å². The third-order valence-corrected chi connectivity index (χ3v) is 5.68. The van der Waals surface area contributed by atoms with Gasteiger partial charge in [0.2, 0.25) is 11.8 Å². The van der Waals surface area contributed by atoms with Crippen LogP contribution in [0.15, 0.2) is 12.1 Å². The van der Waals surface area contributed by atoms with Gasteiger partial charge in [-0.05, 0) is 18.1 Å². The first-order valence-corrected chi connectivity index (χ1v) is 10.1. The molecule has 5 nitrogen and oxygen atoms in total. The molecule has 2 amide bonds. The number of benzene rings is 1. The highest BCUT2D eigenvalue weighted by atomic mass is 32.2. The first-order chi connectivity index (χ1) is 13.0. The van der Waals surface area contributed by atoms with E-state index in [1.807, 2.05) is 20.8 Å². The first kappa shape index (κ1) is 22.5. The predicted molar refractivity (Wildman–Crippen MR) is 103 cm³/mol. The molecular weight excluding hydrogens is 391 g/mol. The Hall–Kier alpha value is -1.74. The lowest BCUT2D eigenvalue weighted by Gasteiger charge is -2.36. The Morgan fingerprint density at radius 2 is 1.93 bits per heavy atom. The van der Waals surface area contributed by atoms with Crippen LogP contribution in [0.3, 0.4) is 0 Å². The molecule has 0 aromatic heterocycles. The second-order valence-corrected chi connectivity index (χ2v) is 9.69. The van der Waals surface area contributed by atoms with Gasteiger partial charge in [-0.1, -0.05) is 20.8 Å². The first-order valence-electron chi connectivity index (χ1n) is 9.08. The van der Waals surface area contributed by atoms with Crippen molar-refractivity contribution >= 4 is 23.6 Å². The van der Waals surface area contributed by atoms with Gasteiger partial charge in [0, 0.05) is 42.1 Å². The van der Waals surface area contributed by atoms with Crippen molar-refractivity contribution in [3.05, 3.63) is 35.1 Å². The number of piperazine rings is 1. The Bertz CT molecular complexity index is 740. The van der Waals surface area contributed by atoms with Crippen LogP contribution in [-0.2, 0) is 16.0 Å². The molecule has 1 aromatic rings. The Morgan fingerprint density at radius 1 is 1.29 bits per heavy atom. The maximum Gasteiger partial charge on any atom is 0.243 e. The highest BCUT2D eigenvalue weighted by Gasteiger charge is 2.34. The van der Waals surface area contributed by atoms with Crippen molar-refractivity contribution in [2.24, 2.45) is 5.73 Å². The molecule has 0 aliphatic carbocycles. The average molecular weight is 417 g/mol. The van der Waals surface area contributed by atoms with Gasteiger partial charge in [0.05, 0.1) is 0 Å². The highest BCUT2D eigenvalue weighted by Crippen LogP contribution is 2.26.